The van der Waals surface area contributed by atoms with Crippen LogP contribution in [0.15, 0.2) is 9.59 Å². The molecule has 0 aromatic carbocycles. The zero-order valence-corrected chi connectivity index (χ0v) is 16.9. The summed E-state index contributed by atoms with van der Waals surface area (Å²) in [7, 11) is 0. The summed E-state index contributed by atoms with van der Waals surface area (Å²) in [5.74, 6) is 1.34. The highest BCUT2D eigenvalue weighted by molar-refractivity contribution is 5.63. The van der Waals surface area contributed by atoms with Crippen LogP contribution in [0, 0.1) is 0 Å². The van der Waals surface area contributed by atoms with Crippen molar-refractivity contribution in [2.24, 2.45) is 0 Å². The van der Waals surface area contributed by atoms with E-state index in [2.05, 4.69) is 4.90 Å². The van der Waals surface area contributed by atoms with Gasteiger partial charge in [0.1, 0.15) is 17.2 Å². The van der Waals surface area contributed by atoms with E-state index in [0.717, 1.165) is 51.4 Å². The maximum absolute atomic E-state index is 11.9. The van der Waals surface area contributed by atoms with Crippen LogP contribution in [0.25, 0.3) is 0 Å². The van der Waals surface area contributed by atoms with E-state index in [1.165, 1.54) is 12.8 Å². The lowest BCUT2D eigenvalue weighted by Gasteiger charge is -2.20. The topological polar surface area (TPSA) is 135 Å². The predicted molar refractivity (Wildman–Crippen MR) is 113 cm³/mol. The minimum absolute atomic E-state index is 0.0498. The first-order valence-electron chi connectivity index (χ1n) is 10.1. The smallest absolute Gasteiger partial charge is 0.292 e. The van der Waals surface area contributed by atoms with Gasteiger partial charge in [0.05, 0.1) is 0 Å². The Balaban J connectivity index is 0.000000167. The number of rotatable bonds is 3. The largest absolute Gasteiger partial charge is 0.391 e. The first-order valence-corrected chi connectivity index (χ1v) is 10.1. The fraction of sp³-hybridized carbons (Fsp3) is 0.667. The Hall–Kier alpha value is -2.78. The van der Waals surface area contributed by atoms with Crippen LogP contribution in [0.3, 0.4) is 0 Å². The lowest BCUT2D eigenvalue weighted by atomic mass is 10.3. The molecule has 0 bridgehead atoms. The quantitative estimate of drug-likeness (QED) is 0.695. The van der Waals surface area contributed by atoms with Crippen molar-refractivity contribution in [3.8, 4) is 0 Å². The summed E-state index contributed by atoms with van der Waals surface area (Å²) in [6, 6.07) is 0. The molecule has 4 heterocycles. The molecule has 2 aromatic rings. The molecule has 4 rings (SSSR count). The van der Waals surface area contributed by atoms with E-state index in [4.69, 9.17) is 17.2 Å². The maximum Gasteiger partial charge on any atom is 0.292 e. The van der Waals surface area contributed by atoms with Gasteiger partial charge in [0.15, 0.2) is 5.82 Å². The first-order chi connectivity index (χ1) is 13.4. The van der Waals surface area contributed by atoms with Gasteiger partial charge < -0.3 is 22.1 Å². The van der Waals surface area contributed by atoms with Crippen molar-refractivity contribution >= 4 is 23.0 Å². The minimum atomic E-state index is -0.146. The number of aromatic nitrogens is 4. The lowest BCUT2D eigenvalue weighted by Crippen LogP contribution is -2.27. The van der Waals surface area contributed by atoms with Gasteiger partial charge in [-0.25, -0.2) is 9.36 Å². The van der Waals surface area contributed by atoms with E-state index in [9.17, 15) is 9.59 Å². The molecule has 0 amide bonds. The average molecular weight is 393 g/mol. The summed E-state index contributed by atoms with van der Waals surface area (Å²) in [5.41, 5.74) is 17.5. The standard InChI is InChI=1S/C11H20N4O.C7H12N4O/c1-3-14-10(13-7-5-6-8-13)9(12)11(16)15(14)4-2;8-5-6(9)10-3-1-2-4-11(10)7(5)12/h3-8,12H2,1-2H3;1-4,8-9H2. The van der Waals surface area contributed by atoms with E-state index in [1.54, 1.807) is 14.0 Å². The number of nitrogens with zero attached hydrogens (tertiary/aromatic N) is 5. The van der Waals surface area contributed by atoms with Crippen LogP contribution in [0.4, 0.5) is 23.0 Å². The van der Waals surface area contributed by atoms with Crippen molar-refractivity contribution in [2.45, 2.75) is 65.7 Å². The molecule has 0 aliphatic carbocycles. The minimum Gasteiger partial charge on any atom is -0.391 e. The highest BCUT2D eigenvalue weighted by atomic mass is 16.1. The zero-order chi connectivity index (χ0) is 20.4. The van der Waals surface area contributed by atoms with E-state index >= 15 is 0 Å². The number of hydrogen-bond donors (Lipinski definition) is 3. The molecule has 0 saturated carbocycles. The highest BCUT2D eigenvalue weighted by Crippen LogP contribution is 2.25. The van der Waals surface area contributed by atoms with E-state index in [-0.39, 0.29) is 16.8 Å². The molecule has 1 fully saturated rings. The van der Waals surface area contributed by atoms with Gasteiger partial charge in [-0.1, -0.05) is 0 Å². The Morgan fingerprint density at radius 3 is 1.79 bits per heavy atom. The van der Waals surface area contributed by atoms with Crippen LogP contribution < -0.4 is 33.2 Å². The molecule has 0 unspecified atom stereocenters. The first kappa shape index (κ1) is 20.0. The molecule has 1 saturated heterocycles. The third-order valence-corrected chi connectivity index (χ3v) is 5.55. The second-order valence-electron chi connectivity index (χ2n) is 7.23. The molecular weight excluding hydrogens is 360 g/mol. The van der Waals surface area contributed by atoms with Crippen molar-refractivity contribution in [3.05, 3.63) is 20.7 Å². The monoisotopic (exact) mass is 392 g/mol. The van der Waals surface area contributed by atoms with E-state index in [1.807, 2.05) is 18.5 Å². The number of nitrogen functional groups attached to an aromatic ring is 3. The van der Waals surface area contributed by atoms with Gasteiger partial charge in [0.2, 0.25) is 0 Å². The molecule has 0 radical (unpaired) electrons. The van der Waals surface area contributed by atoms with E-state index < -0.39 is 0 Å². The van der Waals surface area contributed by atoms with Gasteiger partial charge in [-0.2, -0.15) is 0 Å². The number of fused-ring (bicyclic) bond motifs is 1. The molecule has 2 aromatic heterocycles. The normalized spacial score (nSPS) is 16.0. The third-order valence-electron chi connectivity index (χ3n) is 5.55. The van der Waals surface area contributed by atoms with Crippen LogP contribution in [-0.4, -0.2) is 31.8 Å². The number of hydrogen-bond acceptors (Lipinski definition) is 6. The van der Waals surface area contributed by atoms with Crippen molar-refractivity contribution in [1.29, 1.82) is 0 Å². The molecule has 10 nitrogen and oxygen atoms in total. The second-order valence-corrected chi connectivity index (χ2v) is 7.23. The Bertz CT molecular complexity index is 942. The third kappa shape index (κ3) is 3.27. The van der Waals surface area contributed by atoms with Crippen molar-refractivity contribution < 1.29 is 0 Å². The fourth-order valence-electron chi connectivity index (χ4n) is 4.11. The highest BCUT2D eigenvalue weighted by Gasteiger charge is 2.23. The molecular formula is C18H32N8O2. The van der Waals surface area contributed by atoms with Crippen molar-refractivity contribution in [1.82, 2.24) is 18.7 Å². The summed E-state index contributed by atoms with van der Waals surface area (Å²) < 4.78 is 7.11. The lowest BCUT2D eigenvalue weighted by molar-refractivity contribution is 0.360. The summed E-state index contributed by atoms with van der Waals surface area (Å²) in [6.07, 6.45) is 4.48. The molecule has 2 aliphatic rings. The predicted octanol–water partition coefficient (Wildman–Crippen LogP) is 0.480. The van der Waals surface area contributed by atoms with Gasteiger partial charge in [0.25, 0.3) is 11.1 Å². The van der Waals surface area contributed by atoms with E-state index in [0.29, 0.717) is 18.1 Å². The molecule has 28 heavy (non-hydrogen) atoms. The van der Waals surface area contributed by atoms with Gasteiger partial charge in [-0.15, -0.1) is 0 Å². The SMILES string of the molecule is CCn1c(N2CCCC2)c(N)c(=O)n1CC.Nc1c(N)n2n(c1=O)CCCC2. The number of anilines is 4. The molecule has 156 valence electrons. The molecule has 2 aliphatic heterocycles. The molecule has 6 N–H and O–H groups in total. The molecule has 0 atom stereocenters. The van der Waals surface area contributed by atoms with Crippen LogP contribution >= 0.6 is 0 Å². The van der Waals surface area contributed by atoms with Crippen LogP contribution in [0.1, 0.15) is 39.5 Å². The maximum atomic E-state index is 11.9. The molecule has 10 heteroatoms. The van der Waals surface area contributed by atoms with Gasteiger partial charge in [-0.3, -0.25) is 19.0 Å². The van der Waals surface area contributed by atoms with Crippen LogP contribution in [0.2, 0.25) is 0 Å². The fourth-order valence-corrected chi connectivity index (χ4v) is 4.11. The molecule has 0 spiro atoms. The van der Waals surface area contributed by atoms with Crippen molar-refractivity contribution in [3.63, 3.8) is 0 Å². The second kappa shape index (κ2) is 8.07. The van der Waals surface area contributed by atoms with Gasteiger partial charge in [0, 0.05) is 39.3 Å². The summed E-state index contributed by atoms with van der Waals surface area (Å²) in [6.45, 7) is 9.04. The average Bonchev–Trinajstić information content (AvgIpc) is 3.38. The van der Waals surface area contributed by atoms with Gasteiger partial charge >= 0.3 is 0 Å². The van der Waals surface area contributed by atoms with Crippen LogP contribution in [0.5, 0.6) is 0 Å². The number of nitrogens with two attached hydrogens (primary N) is 3. The Kier molecular flexibility index (Phi) is 5.76. The summed E-state index contributed by atoms with van der Waals surface area (Å²) in [5, 5.41) is 0. The summed E-state index contributed by atoms with van der Waals surface area (Å²) >= 11 is 0. The Labute approximate surface area is 164 Å². The Morgan fingerprint density at radius 1 is 0.714 bits per heavy atom. The van der Waals surface area contributed by atoms with Crippen LogP contribution in [-0.2, 0) is 26.2 Å². The summed E-state index contributed by atoms with van der Waals surface area (Å²) in [4.78, 5) is 25.5. The van der Waals surface area contributed by atoms with Gasteiger partial charge in [-0.05, 0) is 39.5 Å². The zero-order valence-electron chi connectivity index (χ0n) is 16.9. The Morgan fingerprint density at radius 2 is 1.25 bits per heavy atom. The van der Waals surface area contributed by atoms with Crippen molar-refractivity contribution in [2.75, 3.05) is 35.2 Å².